The molecule has 3 rings (SSSR count). The Labute approximate surface area is 168 Å². The molecule has 1 N–H and O–H groups in total. The molecule has 0 unspecified atom stereocenters. The van der Waals surface area contributed by atoms with Crippen molar-refractivity contribution in [3.05, 3.63) is 70.6 Å². The number of esters is 1. The Morgan fingerprint density at radius 1 is 1.00 bits per heavy atom. The lowest BCUT2D eigenvalue weighted by molar-refractivity contribution is -0.125. The highest BCUT2D eigenvalue weighted by Crippen LogP contribution is 2.16. The molecular formula is C22H23N3O4. The molecule has 7 heteroatoms. The van der Waals surface area contributed by atoms with Crippen LogP contribution in [0.4, 0.5) is 0 Å². The summed E-state index contributed by atoms with van der Waals surface area (Å²) in [4.78, 5) is 37.6. The average molecular weight is 393 g/mol. The third-order valence-electron chi connectivity index (χ3n) is 4.72. The van der Waals surface area contributed by atoms with Gasteiger partial charge in [-0.25, -0.2) is 4.79 Å². The summed E-state index contributed by atoms with van der Waals surface area (Å²) in [6.07, 6.45) is 0. The molecule has 3 aromatic rings. The van der Waals surface area contributed by atoms with Gasteiger partial charge < -0.3 is 10.1 Å². The zero-order valence-corrected chi connectivity index (χ0v) is 16.6. The minimum absolute atomic E-state index is 0.0197. The Morgan fingerprint density at radius 3 is 2.28 bits per heavy atom. The fraction of sp³-hybridized carbons (Fsp3) is 0.273. The average Bonchev–Trinajstić information content (AvgIpc) is 2.73. The fourth-order valence-corrected chi connectivity index (χ4v) is 2.75. The molecule has 0 fully saturated rings. The van der Waals surface area contributed by atoms with Crippen LogP contribution in [0.2, 0.25) is 0 Å². The molecule has 1 amide bonds. The van der Waals surface area contributed by atoms with Crippen molar-refractivity contribution < 1.29 is 14.3 Å². The molecule has 0 aliphatic rings. The van der Waals surface area contributed by atoms with Crippen LogP contribution >= 0.6 is 0 Å². The molecule has 0 radical (unpaired) electrons. The summed E-state index contributed by atoms with van der Waals surface area (Å²) in [6.45, 7) is 5.44. The van der Waals surface area contributed by atoms with E-state index < -0.39 is 12.6 Å². The number of nitrogens with zero attached hydrogens (tertiary/aromatic N) is 2. The number of aromatic nitrogens is 2. The predicted octanol–water partition coefficient (Wildman–Crippen LogP) is 2.70. The van der Waals surface area contributed by atoms with Crippen LogP contribution in [0.1, 0.15) is 31.3 Å². The zero-order valence-electron chi connectivity index (χ0n) is 16.6. The molecule has 0 saturated carbocycles. The maximum atomic E-state index is 12.8. The molecule has 1 atom stereocenters. The van der Waals surface area contributed by atoms with Crippen LogP contribution in [-0.2, 0) is 9.53 Å². The number of hydrogen-bond donors (Lipinski definition) is 1. The Balaban J connectivity index is 1.92. The number of benzene rings is 2. The minimum Gasteiger partial charge on any atom is -0.451 e. The van der Waals surface area contributed by atoms with Gasteiger partial charge in [-0.15, -0.1) is 0 Å². The van der Waals surface area contributed by atoms with Crippen molar-refractivity contribution in [3.8, 4) is 5.69 Å². The van der Waals surface area contributed by atoms with E-state index in [2.05, 4.69) is 10.4 Å². The topological polar surface area (TPSA) is 90.3 Å². The Morgan fingerprint density at radius 2 is 1.62 bits per heavy atom. The van der Waals surface area contributed by atoms with Gasteiger partial charge in [0, 0.05) is 11.4 Å². The van der Waals surface area contributed by atoms with Crippen molar-refractivity contribution in [2.75, 3.05) is 6.61 Å². The maximum Gasteiger partial charge on any atom is 0.359 e. The molecular weight excluding hydrogens is 370 g/mol. The predicted molar refractivity (Wildman–Crippen MR) is 110 cm³/mol. The third kappa shape index (κ3) is 4.51. The van der Waals surface area contributed by atoms with E-state index in [1.54, 1.807) is 48.5 Å². The third-order valence-corrected chi connectivity index (χ3v) is 4.72. The van der Waals surface area contributed by atoms with Crippen LogP contribution < -0.4 is 10.9 Å². The maximum absolute atomic E-state index is 12.8. The highest BCUT2D eigenvalue weighted by Gasteiger charge is 2.20. The molecule has 0 saturated heterocycles. The monoisotopic (exact) mass is 393 g/mol. The Kier molecular flexibility index (Phi) is 6.07. The second-order valence-electron chi connectivity index (χ2n) is 7.12. The van der Waals surface area contributed by atoms with Crippen LogP contribution in [0.15, 0.2) is 59.4 Å². The first-order valence-corrected chi connectivity index (χ1v) is 9.42. The number of nitrogens with one attached hydrogen (secondary N) is 1. The molecule has 1 aromatic heterocycles. The first-order valence-electron chi connectivity index (χ1n) is 9.42. The van der Waals surface area contributed by atoms with Crippen molar-refractivity contribution in [2.45, 2.75) is 26.8 Å². The second-order valence-corrected chi connectivity index (χ2v) is 7.12. The van der Waals surface area contributed by atoms with Gasteiger partial charge in [0.15, 0.2) is 12.3 Å². The summed E-state index contributed by atoms with van der Waals surface area (Å²) < 4.78 is 6.35. The molecule has 7 nitrogen and oxygen atoms in total. The summed E-state index contributed by atoms with van der Waals surface area (Å²) in [6, 6.07) is 15.5. The number of rotatable bonds is 6. The fourth-order valence-electron chi connectivity index (χ4n) is 2.75. The van der Waals surface area contributed by atoms with Gasteiger partial charge in [-0.05, 0) is 31.0 Å². The number of amides is 1. The number of carbonyl (C=O) groups excluding carboxylic acids is 2. The van der Waals surface area contributed by atoms with Crippen LogP contribution in [0.25, 0.3) is 16.5 Å². The lowest BCUT2D eigenvalue weighted by atomic mass is 10.1. The molecule has 0 spiro atoms. The number of ether oxygens (including phenoxy) is 1. The lowest BCUT2D eigenvalue weighted by Crippen LogP contribution is -2.38. The van der Waals surface area contributed by atoms with E-state index in [0.717, 1.165) is 0 Å². The van der Waals surface area contributed by atoms with Gasteiger partial charge in [0.25, 0.3) is 11.5 Å². The minimum atomic E-state index is -0.766. The molecule has 29 heavy (non-hydrogen) atoms. The molecule has 1 heterocycles. The van der Waals surface area contributed by atoms with Crippen molar-refractivity contribution in [1.82, 2.24) is 15.1 Å². The van der Waals surface area contributed by atoms with Gasteiger partial charge in [-0.1, -0.05) is 50.2 Å². The molecule has 150 valence electrons. The van der Waals surface area contributed by atoms with Crippen LogP contribution in [0.5, 0.6) is 0 Å². The van der Waals surface area contributed by atoms with Gasteiger partial charge in [-0.3, -0.25) is 9.59 Å². The second kappa shape index (κ2) is 8.68. The van der Waals surface area contributed by atoms with Crippen molar-refractivity contribution in [1.29, 1.82) is 0 Å². The van der Waals surface area contributed by atoms with E-state index >= 15 is 0 Å². The van der Waals surface area contributed by atoms with E-state index in [-0.39, 0.29) is 29.1 Å². The molecule has 0 aliphatic heterocycles. The molecule has 0 aliphatic carbocycles. The van der Waals surface area contributed by atoms with E-state index in [1.807, 2.05) is 26.8 Å². The van der Waals surface area contributed by atoms with Gasteiger partial charge in [0.2, 0.25) is 0 Å². The van der Waals surface area contributed by atoms with Crippen LogP contribution in [-0.4, -0.2) is 34.3 Å². The van der Waals surface area contributed by atoms with Gasteiger partial charge in [0.05, 0.1) is 11.1 Å². The largest absolute Gasteiger partial charge is 0.451 e. The quantitative estimate of drug-likeness (QED) is 0.651. The van der Waals surface area contributed by atoms with Crippen LogP contribution in [0.3, 0.4) is 0 Å². The van der Waals surface area contributed by atoms with E-state index in [1.165, 1.54) is 4.68 Å². The van der Waals surface area contributed by atoms with Crippen molar-refractivity contribution in [3.63, 3.8) is 0 Å². The van der Waals surface area contributed by atoms with Crippen LogP contribution in [0, 0.1) is 5.92 Å². The van der Waals surface area contributed by atoms with E-state index in [9.17, 15) is 14.4 Å². The van der Waals surface area contributed by atoms with Gasteiger partial charge in [-0.2, -0.15) is 9.78 Å². The van der Waals surface area contributed by atoms with E-state index in [4.69, 9.17) is 4.74 Å². The number of hydrogen-bond acceptors (Lipinski definition) is 5. The normalized spacial score (nSPS) is 12.0. The number of para-hydroxylation sites is 1. The Bertz CT molecular complexity index is 1090. The summed E-state index contributed by atoms with van der Waals surface area (Å²) in [5, 5.41) is 7.74. The lowest BCUT2D eigenvalue weighted by Gasteiger charge is -2.17. The van der Waals surface area contributed by atoms with Gasteiger partial charge >= 0.3 is 5.97 Å². The SMILES string of the molecule is CC(C)[C@H](C)NC(=O)COC(=O)c1nn(-c2ccccc2)c(=O)c2ccccc12. The standard InChI is InChI=1S/C22H23N3O4/c1-14(2)15(3)23-19(26)13-29-22(28)20-17-11-7-8-12-18(17)21(27)25(24-20)16-9-5-4-6-10-16/h4-12,14-15H,13H2,1-3H3,(H,23,26)/t15-/m0/s1. The van der Waals surface area contributed by atoms with E-state index in [0.29, 0.717) is 16.5 Å². The van der Waals surface area contributed by atoms with Gasteiger partial charge in [0.1, 0.15) is 0 Å². The molecule has 0 bridgehead atoms. The first kappa shape index (κ1) is 20.3. The summed E-state index contributed by atoms with van der Waals surface area (Å²) >= 11 is 0. The number of fused-ring (bicyclic) bond motifs is 1. The smallest absolute Gasteiger partial charge is 0.359 e. The summed E-state index contributed by atoms with van der Waals surface area (Å²) in [5.41, 5.74) is 0.168. The number of carbonyl (C=O) groups is 2. The Hall–Kier alpha value is -3.48. The summed E-state index contributed by atoms with van der Waals surface area (Å²) in [5.74, 6) is -0.895. The van der Waals surface area contributed by atoms with Crippen molar-refractivity contribution >= 4 is 22.6 Å². The first-order chi connectivity index (χ1) is 13.9. The highest BCUT2D eigenvalue weighted by molar-refractivity contribution is 6.02. The zero-order chi connectivity index (χ0) is 21.0. The highest BCUT2D eigenvalue weighted by atomic mass is 16.5. The van der Waals surface area contributed by atoms with Crippen molar-refractivity contribution in [2.24, 2.45) is 5.92 Å². The molecule has 2 aromatic carbocycles. The summed E-state index contributed by atoms with van der Waals surface area (Å²) in [7, 11) is 0.